The fraction of sp³-hybridized carbons (Fsp3) is 0.350. The van der Waals surface area contributed by atoms with Gasteiger partial charge in [-0.25, -0.2) is 0 Å². The van der Waals surface area contributed by atoms with Crippen LogP contribution < -0.4 is 10.1 Å². The molecule has 0 saturated heterocycles. The van der Waals surface area contributed by atoms with E-state index in [9.17, 15) is 4.79 Å². The summed E-state index contributed by atoms with van der Waals surface area (Å²) in [5, 5.41) is 3.18. The lowest BCUT2D eigenvalue weighted by atomic mass is 9.86. The van der Waals surface area contributed by atoms with Crippen molar-refractivity contribution in [2.24, 2.45) is 5.92 Å². The van der Waals surface area contributed by atoms with Crippen LogP contribution in [-0.4, -0.2) is 11.9 Å². The predicted molar refractivity (Wildman–Crippen MR) is 91.8 cm³/mol. The normalized spacial score (nSPS) is 20.7. The highest BCUT2D eigenvalue weighted by Gasteiger charge is 2.23. The molecule has 0 bridgehead atoms. The number of hydrogen-bond acceptors (Lipinski definition) is 2. The van der Waals surface area contributed by atoms with Gasteiger partial charge in [0.25, 0.3) is 5.91 Å². The molecule has 0 spiro atoms. The number of rotatable bonds is 4. The largest absolute Gasteiger partial charge is 0.457 e. The van der Waals surface area contributed by atoms with Crippen molar-refractivity contribution in [3.63, 3.8) is 0 Å². The van der Waals surface area contributed by atoms with Gasteiger partial charge in [0.05, 0.1) is 0 Å². The Hall–Kier alpha value is -2.29. The molecule has 0 aliphatic heterocycles. The zero-order valence-corrected chi connectivity index (χ0v) is 13.5. The van der Waals surface area contributed by atoms with Gasteiger partial charge < -0.3 is 10.1 Å². The fourth-order valence-corrected chi connectivity index (χ4v) is 3.11. The third kappa shape index (κ3) is 4.13. The smallest absolute Gasteiger partial charge is 0.251 e. The van der Waals surface area contributed by atoms with E-state index in [1.807, 2.05) is 48.5 Å². The van der Waals surface area contributed by atoms with Gasteiger partial charge >= 0.3 is 0 Å². The highest BCUT2D eigenvalue weighted by Crippen LogP contribution is 2.25. The van der Waals surface area contributed by atoms with Crippen LogP contribution in [0.5, 0.6) is 11.5 Å². The maximum Gasteiger partial charge on any atom is 0.251 e. The van der Waals surface area contributed by atoms with Crippen molar-refractivity contribution in [1.29, 1.82) is 0 Å². The van der Waals surface area contributed by atoms with E-state index in [-0.39, 0.29) is 11.9 Å². The standard InChI is InChI=1S/C20H23NO2/c1-15-8-5-6-13-19(15)21-20(22)16-9-7-12-18(14-16)23-17-10-3-2-4-11-17/h2-4,7,9-12,14-15,19H,5-6,8,13H2,1H3,(H,21,22)/t15-,19+/m1/s1. The van der Waals surface area contributed by atoms with Crippen LogP contribution >= 0.6 is 0 Å². The van der Waals surface area contributed by atoms with Gasteiger partial charge in [-0.05, 0) is 49.1 Å². The summed E-state index contributed by atoms with van der Waals surface area (Å²) in [5.74, 6) is 1.99. The zero-order valence-electron chi connectivity index (χ0n) is 13.5. The Balaban J connectivity index is 1.67. The Labute approximate surface area is 137 Å². The van der Waals surface area contributed by atoms with E-state index >= 15 is 0 Å². The van der Waals surface area contributed by atoms with E-state index in [0.29, 0.717) is 17.2 Å². The van der Waals surface area contributed by atoms with Gasteiger partial charge in [0.2, 0.25) is 0 Å². The Morgan fingerprint density at radius 1 is 1.00 bits per heavy atom. The molecule has 0 unspecified atom stereocenters. The first-order valence-corrected chi connectivity index (χ1v) is 8.36. The lowest BCUT2D eigenvalue weighted by Crippen LogP contribution is -2.41. The maximum atomic E-state index is 12.5. The molecule has 2 atom stereocenters. The average Bonchev–Trinajstić information content (AvgIpc) is 2.58. The molecular formula is C20H23NO2. The van der Waals surface area contributed by atoms with Gasteiger partial charge in [0.15, 0.2) is 0 Å². The van der Waals surface area contributed by atoms with E-state index in [2.05, 4.69) is 12.2 Å². The highest BCUT2D eigenvalue weighted by molar-refractivity contribution is 5.94. The molecule has 23 heavy (non-hydrogen) atoms. The number of carbonyl (C=O) groups is 1. The van der Waals surface area contributed by atoms with E-state index in [1.165, 1.54) is 19.3 Å². The molecule has 1 saturated carbocycles. The van der Waals surface area contributed by atoms with Gasteiger partial charge in [-0.15, -0.1) is 0 Å². The van der Waals surface area contributed by atoms with Crippen LogP contribution in [0.25, 0.3) is 0 Å². The SMILES string of the molecule is C[C@@H]1CCCC[C@@H]1NC(=O)c1cccc(Oc2ccccc2)c1. The van der Waals surface area contributed by atoms with Crippen molar-refractivity contribution >= 4 is 5.91 Å². The molecule has 1 fully saturated rings. The van der Waals surface area contributed by atoms with Crippen molar-refractivity contribution in [3.05, 3.63) is 60.2 Å². The summed E-state index contributed by atoms with van der Waals surface area (Å²) in [6.45, 7) is 2.22. The molecule has 0 heterocycles. The van der Waals surface area contributed by atoms with E-state index in [1.54, 1.807) is 6.07 Å². The van der Waals surface area contributed by atoms with Crippen molar-refractivity contribution in [2.45, 2.75) is 38.6 Å². The second-order valence-corrected chi connectivity index (χ2v) is 6.28. The number of amides is 1. The Morgan fingerprint density at radius 2 is 1.74 bits per heavy atom. The van der Waals surface area contributed by atoms with Crippen molar-refractivity contribution in [1.82, 2.24) is 5.32 Å². The third-order valence-electron chi connectivity index (χ3n) is 4.50. The first-order chi connectivity index (χ1) is 11.2. The minimum atomic E-state index is -0.0118. The molecule has 0 radical (unpaired) electrons. The number of benzene rings is 2. The summed E-state index contributed by atoms with van der Waals surface area (Å²) in [6, 6.07) is 17.2. The van der Waals surface area contributed by atoms with Crippen LogP contribution in [0.4, 0.5) is 0 Å². The van der Waals surface area contributed by atoms with E-state index in [4.69, 9.17) is 4.74 Å². The van der Waals surface area contributed by atoms with Crippen LogP contribution in [-0.2, 0) is 0 Å². The highest BCUT2D eigenvalue weighted by atomic mass is 16.5. The summed E-state index contributed by atoms with van der Waals surface area (Å²) in [5.41, 5.74) is 0.649. The van der Waals surface area contributed by atoms with Crippen LogP contribution in [0.2, 0.25) is 0 Å². The molecule has 1 amide bonds. The fourth-order valence-electron chi connectivity index (χ4n) is 3.11. The Kier molecular flexibility index (Phi) is 4.96. The van der Waals surface area contributed by atoms with E-state index in [0.717, 1.165) is 12.2 Å². The molecule has 1 aliphatic carbocycles. The third-order valence-corrected chi connectivity index (χ3v) is 4.50. The summed E-state index contributed by atoms with van der Waals surface area (Å²) >= 11 is 0. The monoisotopic (exact) mass is 309 g/mol. The molecule has 3 rings (SSSR count). The van der Waals surface area contributed by atoms with Gasteiger partial charge in [-0.2, -0.15) is 0 Å². The van der Waals surface area contributed by atoms with Gasteiger partial charge in [-0.3, -0.25) is 4.79 Å². The predicted octanol–water partition coefficient (Wildman–Crippen LogP) is 4.79. The molecule has 2 aromatic carbocycles. The Bertz CT molecular complexity index is 654. The maximum absolute atomic E-state index is 12.5. The molecule has 2 aromatic rings. The summed E-state index contributed by atoms with van der Waals surface area (Å²) in [4.78, 5) is 12.5. The topological polar surface area (TPSA) is 38.3 Å². The minimum Gasteiger partial charge on any atom is -0.457 e. The summed E-state index contributed by atoms with van der Waals surface area (Å²) in [7, 11) is 0. The minimum absolute atomic E-state index is 0.0118. The molecule has 120 valence electrons. The second-order valence-electron chi connectivity index (χ2n) is 6.28. The number of ether oxygens (including phenoxy) is 1. The van der Waals surface area contributed by atoms with Crippen LogP contribution in [0.1, 0.15) is 43.0 Å². The van der Waals surface area contributed by atoms with Gasteiger partial charge in [0.1, 0.15) is 11.5 Å². The van der Waals surface area contributed by atoms with Crippen molar-refractivity contribution in [3.8, 4) is 11.5 Å². The summed E-state index contributed by atoms with van der Waals surface area (Å²) in [6.07, 6.45) is 4.75. The van der Waals surface area contributed by atoms with Gasteiger partial charge in [0, 0.05) is 11.6 Å². The van der Waals surface area contributed by atoms with Crippen LogP contribution in [0.3, 0.4) is 0 Å². The van der Waals surface area contributed by atoms with Crippen LogP contribution in [0, 0.1) is 5.92 Å². The quantitative estimate of drug-likeness (QED) is 0.882. The average molecular weight is 309 g/mol. The molecule has 3 nitrogen and oxygen atoms in total. The molecule has 1 N–H and O–H groups in total. The lowest BCUT2D eigenvalue weighted by Gasteiger charge is -2.29. The van der Waals surface area contributed by atoms with Crippen molar-refractivity contribution < 1.29 is 9.53 Å². The lowest BCUT2D eigenvalue weighted by molar-refractivity contribution is 0.0910. The number of hydrogen-bond donors (Lipinski definition) is 1. The Morgan fingerprint density at radius 3 is 2.52 bits per heavy atom. The number of para-hydroxylation sites is 1. The molecule has 1 aliphatic rings. The first kappa shape index (κ1) is 15.6. The van der Waals surface area contributed by atoms with Crippen LogP contribution in [0.15, 0.2) is 54.6 Å². The molecular weight excluding hydrogens is 286 g/mol. The first-order valence-electron chi connectivity index (χ1n) is 8.36. The second kappa shape index (κ2) is 7.32. The molecule has 0 aromatic heterocycles. The van der Waals surface area contributed by atoms with E-state index < -0.39 is 0 Å². The number of nitrogens with one attached hydrogen (secondary N) is 1. The summed E-state index contributed by atoms with van der Waals surface area (Å²) < 4.78 is 5.80. The molecule has 3 heteroatoms. The number of carbonyl (C=O) groups excluding carboxylic acids is 1. The zero-order chi connectivity index (χ0) is 16.1. The van der Waals surface area contributed by atoms with Gasteiger partial charge in [-0.1, -0.05) is 44.0 Å². The van der Waals surface area contributed by atoms with Crippen molar-refractivity contribution in [2.75, 3.05) is 0 Å².